The smallest absolute Gasteiger partial charge is 0.309 e. The Morgan fingerprint density at radius 2 is 1.80 bits per heavy atom. The SMILES string of the molecule is O=C(NC[C@H](c1ccco1)S(=O)(=O)c1ccccc1)C(=O)NC1CC1. The van der Waals surface area contributed by atoms with Crippen molar-refractivity contribution in [3.05, 3.63) is 54.5 Å². The van der Waals surface area contributed by atoms with Crippen molar-refractivity contribution in [1.82, 2.24) is 10.6 Å². The molecule has 3 rings (SSSR count). The minimum Gasteiger partial charge on any atom is -0.468 e. The van der Waals surface area contributed by atoms with Crippen LogP contribution in [0.1, 0.15) is 23.9 Å². The van der Waals surface area contributed by atoms with Crippen LogP contribution in [0.4, 0.5) is 0 Å². The van der Waals surface area contributed by atoms with Crippen LogP contribution in [0.5, 0.6) is 0 Å². The van der Waals surface area contributed by atoms with Gasteiger partial charge in [0.15, 0.2) is 9.84 Å². The summed E-state index contributed by atoms with van der Waals surface area (Å²) in [6, 6.07) is 11.1. The molecule has 25 heavy (non-hydrogen) atoms. The van der Waals surface area contributed by atoms with Crippen molar-refractivity contribution in [2.45, 2.75) is 29.0 Å². The third kappa shape index (κ3) is 4.08. The third-order valence-corrected chi connectivity index (χ3v) is 5.95. The van der Waals surface area contributed by atoms with Gasteiger partial charge in [-0.1, -0.05) is 18.2 Å². The zero-order valence-electron chi connectivity index (χ0n) is 13.3. The summed E-state index contributed by atoms with van der Waals surface area (Å²) >= 11 is 0. The van der Waals surface area contributed by atoms with E-state index in [0.29, 0.717) is 0 Å². The number of sulfone groups is 1. The van der Waals surface area contributed by atoms with E-state index in [2.05, 4.69) is 10.6 Å². The first-order chi connectivity index (χ1) is 12.0. The number of amides is 2. The molecule has 1 aromatic heterocycles. The number of furan rings is 1. The van der Waals surface area contributed by atoms with Crippen LogP contribution in [0.3, 0.4) is 0 Å². The molecule has 132 valence electrons. The lowest BCUT2D eigenvalue weighted by Gasteiger charge is -2.16. The summed E-state index contributed by atoms with van der Waals surface area (Å²) in [6.07, 6.45) is 3.08. The summed E-state index contributed by atoms with van der Waals surface area (Å²) in [4.78, 5) is 23.7. The van der Waals surface area contributed by atoms with Gasteiger partial charge in [0.2, 0.25) is 0 Å². The Hall–Kier alpha value is -2.61. The van der Waals surface area contributed by atoms with Crippen LogP contribution >= 0.6 is 0 Å². The molecule has 1 fully saturated rings. The zero-order chi connectivity index (χ0) is 17.9. The van der Waals surface area contributed by atoms with E-state index < -0.39 is 26.9 Å². The van der Waals surface area contributed by atoms with Crippen molar-refractivity contribution in [2.75, 3.05) is 6.54 Å². The van der Waals surface area contributed by atoms with Crippen LogP contribution in [0.15, 0.2) is 58.0 Å². The molecule has 1 aliphatic rings. The van der Waals surface area contributed by atoms with E-state index in [1.54, 1.807) is 24.3 Å². The molecule has 7 nitrogen and oxygen atoms in total. The van der Waals surface area contributed by atoms with Crippen molar-refractivity contribution < 1.29 is 22.4 Å². The Labute approximate surface area is 145 Å². The predicted molar refractivity (Wildman–Crippen MR) is 89.3 cm³/mol. The van der Waals surface area contributed by atoms with E-state index in [-0.39, 0.29) is 23.2 Å². The number of nitrogens with one attached hydrogen (secondary N) is 2. The molecule has 2 N–H and O–H groups in total. The molecule has 0 saturated heterocycles. The highest BCUT2D eigenvalue weighted by Gasteiger charge is 2.33. The molecule has 0 radical (unpaired) electrons. The van der Waals surface area contributed by atoms with Gasteiger partial charge < -0.3 is 15.1 Å². The molecule has 0 aliphatic heterocycles. The molecular formula is C17H18N2O5S. The van der Waals surface area contributed by atoms with E-state index in [0.717, 1.165) is 12.8 Å². The van der Waals surface area contributed by atoms with Gasteiger partial charge in [-0.2, -0.15) is 0 Å². The molecule has 2 amide bonds. The quantitative estimate of drug-likeness (QED) is 0.751. The van der Waals surface area contributed by atoms with Crippen molar-refractivity contribution in [3.63, 3.8) is 0 Å². The summed E-state index contributed by atoms with van der Waals surface area (Å²) in [6.45, 7) is -0.262. The molecule has 0 unspecified atom stereocenters. The number of benzene rings is 1. The Morgan fingerprint density at radius 3 is 2.40 bits per heavy atom. The van der Waals surface area contributed by atoms with Gasteiger partial charge in [-0.05, 0) is 37.1 Å². The molecule has 1 atom stereocenters. The van der Waals surface area contributed by atoms with E-state index in [1.165, 1.54) is 24.5 Å². The maximum absolute atomic E-state index is 12.9. The molecule has 8 heteroatoms. The summed E-state index contributed by atoms with van der Waals surface area (Å²) < 4.78 is 31.0. The molecule has 1 aliphatic carbocycles. The monoisotopic (exact) mass is 362 g/mol. The molecule has 1 heterocycles. The average molecular weight is 362 g/mol. The molecule has 0 spiro atoms. The summed E-state index contributed by atoms with van der Waals surface area (Å²) in [5, 5.41) is 3.83. The fourth-order valence-corrected chi connectivity index (χ4v) is 3.96. The van der Waals surface area contributed by atoms with Crippen LogP contribution in [0.2, 0.25) is 0 Å². The topological polar surface area (TPSA) is 105 Å². The Balaban J connectivity index is 1.76. The molecule has 2 aromatic rings. The number of rotatable bonds is 6. The van der Waals surface area contributed by atoms with Crippen LogP contribution in [0, 0.1) is 0 Å². The summed E-state index contributed by atoms with van der Waals surface area (Å²) in [5.74, 6) is -1.41. The number of carbonyl (C=O) groups is 2. The van der Waals surface area contributed by atoms with Crippen LogP contribution in [0.25, 0.3) is 0 Å². The highest BCUT2D eigenvalue weighted by Crippen LogP contribution is 2.28. The number of carbonyl (C=O) groups excluding carboxylic acids is 2. The van der Waals surface area contributed by atoms with Crippen molar-refractivity contribution >= 4 is 21.7 Å². The van der Waals surface area contributed by atoms with Gasteiger partial charge in [0.05, 0.1) is 11.2 Å². The number of hydrogen-bond donors (Lipinski definition) is 2. The van der Waals surface area contributed by atoms with E-state index in [4.69, 9.17) is 4.42 Å². The Morgan fingerprint density at radius 1 is 1.08 bits per heavy atom. The molecule has 1 aromatic carbocycles. The van der Waals surface area contributed by atoms with Gasteiger partial charge in [-0.25, -0.2) is 8.42 Å². The molecule has 0 bridgehead atoms. The minimum atomic E-state index is -3.80. The van der Waals surface area contributed by atoms with Crippen molar-refractivity contribution in [3.8, 4) is 0 Å². The second kappa shape index (κ2) is 7.10. The predicted octanol–water partition coefficient (Wildman–Crippen LogP) is 1.19. The van der Waals surface area contributed by atoms with Crippen molar-refractivity contribution in [1.29, 1.82) is 0 Å². The van der Waals surface area contributed by atoms with Crippen LogP contribution < -0.4 is 10.6 Å². The van der Waals surface area contributed by atoms with Gasteiger partial charge in [0.1, 0.15) is 11.0 Å². The number of hydrogen-bond acceptors (Lipinski definition) is 5. The third-order valence-electron chi connectivity index (χ3n) is 3.87. The fraction of sp³-hybridized carbons (Fsp3) is 0.294. The normalized spacial score (nSPS) is 15.4. The van der Waals surface area contributed by atoms with E-state index in [9.17, 15) is 18.0 Å². The standard InChI is InChI=1S/C17H18N2O5S/c20-16(17(21)19-12-8-9-12)18-11-15(14-7-4-10-24-14)25(22,23)13-5-2-1-3-6-13/h1-7,10,12,15H,8-9,11H2,(H,18,20)(H,19,21)/t15-/m1/s1. The van der Waals surface area contributed by atoms with Gasteiger partial charge in [-0.3, -0.25) is 9.59 Å². The van der Waals surface area contributed by atoms with Crippen molar-refractivity contribution in [2.24, 2.45) is 0 Å². The second-order valence-corrected chi connectivity index (χ2v) is 7.95. The molecular weight excluding hydrogens is 344 g/mol. The van der Waals surface area contributed by atoms with Gasteiger partial charge >= 0.3 is 11.8 Å². The second-order valence-electron chi connectivity index (χ2n) is 5.82. The van der Waals surface area contributed by atoms with Gasteiger partial charge in [-0.15, -0.1) is 0 Å². The zero-order valence-corrected chi connectivity index (χ0v) is 14.2. The van der Waals surface area contributed by atoms with E-state index in [1.807, 2.05) is 0 Å². The fourth-order valence-electron chi connectivity index (χ4n) is 2.36. The lowest BCUT2D eigenvalue weighted by atomic mass is 10.3. The highest BCUT2D eigenvalue weighted by atomic mass is 32.2. The first-order valence-electron chi connectivity index (χ1n) is 7.89. The average Bonchev–Trinajstić information content (AvgIpc) is 3.26. The van der Waals surface area contributed by atoms with Crippen LogP contribution in [-0.2, 0) is 19.4 Å². The van der Waals surface area contributed by atoms with E-state index >= 15 is 0 Å². The lowest BCUT2D eigenvalue weighted by Crippen LogP contribution is -2.43. The Kier molecular flexibility index (Phi) is 4.89. The minimum absolute atomic E-state index is 0.0483. The van der Waals surface area contributed by atoms with Gasteiger partial charge in [0.25, 0.3) is 0 Å². The largest absolute Gasteiger partial charge is 0.468 e. The highest BCUT2D eigenvalue weighted by molar-refractivity contribution is 7.91. The van der Waals surface area contributed by atoms with Crippen LogP contribution in [-0.4, -0.2) is 32.8 Å². The molecule has 1 saturated carbocycles. The Bertz CT molecular complexity index is 842. The first-order valence-corrected chi connectivity index (χ1v) is 9.44. The summed E-state index contributed by atoms with van der Waals surface area (Å²) in [7, 11) is -3.80. The first kappa shape index (κ1) is 17.2. The van der Waals surface area contributed by atoms with Gasteiger partial charge in [0, 0.05) is 12.6 Å². The lowest BCUT2D eigenvalue weighted by molar-refractivity contribution is -0.139. The maximum Gasteiger partial charge on any atom is 0.309 e. The summed E-state index contributed by atoms with van der Waals surface area (Å²) in [5.41, 5.74) is 0. The maximum atomic E-state index is 12.9.